The SMILES string of the molecule is Cc1cccc(NCCc2ccc(Br)s2)c1N. The lowest BCUT2D eigenvalue weighted by Gasteiger charge is -2.10. The van der Waals surface area contributed by atoms with Crippen molar-refractivity contribution in [2.45, 2.75) is 13.3 Å². The standard InChI is InChI=1S/C13H15BrN2S/c1-9-3-2-4-11(13(9)15)16-8-7-10-5-6-12(14)17-10/h2-6,16H,7-8,15H2,1H3. The molecule has 0 unspecified atom stereocenters. The fourth-order valence-electron chi connectivity index (χ4n) is 1.64. The predicted molar refractivity (Wildman–Crippen MR) is 79.8 cm³/mol. The number of halogens is 1. The normalized spacial score (nSPS) is 10.5. The molecule has 0 spiro atoms. The summed E-state index contributed by atoms with van der Waals surface area (Å²) in [5, 5.41) is 3.38. The average molecular weight is 311 g/mol. The highest BCUT2D eigenvalue weighted by Gasteiger charge is 2.01. The maximum absolute atomic E-state index is 6.00. The van der Waals surface area contributed by atoms with Gasteiger partial charge >= 0.3 is 0 Å². The first-order valence-electron chi connectivity index (χ1n) is 5.50. The van der Waals surface area contributed by atoms with Crippen molar-refractivity contribution in [1.82, 2.24) is 0 Å². The molecular weight excluding hydrogens is 296 g/mol. The van der Waals surface area contributed by atoms with E-state index in [4.69, 9.17) is 5.73 Å². The van der Waals surface area contributed by atoms with E-state index in [0.717, 1.165) is 29.9 Å². The number of nitrogens with two attached hydrogens (primary N) is 1. The van der Waals surface area contributed by atoms with E-state index in [1.165, 1.54) is 8.66 Å². The van der Waals surface area contributed by atoms with Crippen LogP contribution < -0.4 is 11.1 Å². The minimum atomic E-state index is 0.847. The quantitative estimate of drug-likeness (QED) is 0.836. The van der Waals surface area contributed by atoms with E-state index in [0.29, 0.717) is 0 Å². The second kappa shape index (κ2) is 5.56. The molecule has 0 saturated heterocycles. The minimum Gasteiger partial charge on any atom is -0.397 e. The third-order valence-electron chi connectivity index (χ3n) is 2.64. The van der Waals surface area contributed by atoms with Crippen molar-refractivity contribution in [2.75, 3.05) is 17.6 Å². The van der Waals surface area contributed by atoms with Crippen molar-refractivity contribution in [3.63, 3.8) is 0 Å². The molecule has 1 aromatic heterocycles. The van der Waals surface area contributed by atoms with Crippen molar-refractivity contribution < 1.29 is 0 Å². The molecule has 0 atom stereocenters. The first-order chi connectivity index (χ1) is 8.16. The summed E-state index contributed by atoms with van der Waals surface area (Å²) in [7, 11) is 0. The van der Waals surface area contributed by atoms with Gasteiger partial charge in [-0.15, -0.1) is 11.3 Å². The highest BCUT2D eigenvalue weighted by Crippen LogP contribution is 2.24. The predicted octanol–water partition coefficient (Wildman–Crippen LogP) is 4.06. The number of hydrogen-bond donors (Lipinski definition) is 2. The molecule has 0 fully saturated rings. The molecule has 17 heavy (non-hydrogen) atoms. The van der Waals surface area contributed by atoms with Gasteiger partial charge in [0, 0.05) is 11.4 Å². The van der Waals surface area contributed by atoms with Gasteiger partial charge in [-0.3, -0.25) is 0 Å². The third kappa shape index (κ3) is 3.23. The van der Waals surface area contributed by atoms with Crippen LogP contribution in [0.5, 0.6) is 0 Å². The fraction of sp³-hybridized carbons (Fsp3) is 0.231. The van der Waals surface area contributed by atoms with Crippen LogP contribution in [0.4, 0.5) is 11.4 Å². The Hall–Kier alpha value is -1.00. The van der Waals surface area contributed by atoms with Crippen LogP contribution in [0.3, 0.4) is 0 Å². The number of anilines is 2. The molecule has 3 N–H and O–H groups in total. The number of para-hydroxylation sites is 1. The zero-order chi connectivity index (χ0) is 12.3. The largest absolute Gasteiger partial charge is 0.397 e. The maximum Gasteiger partial charge on any atom is 0.0701 e. The number of nitrogens with one attached hydrogen (secondary N) is 1. The molecule has 0 aliphatic heterocycles. The van der Waals surface area contributed by atoms with E-state index in [1.54, 1.807) is 11.3 Å². The smallest absolute Gasteiger partial charge is 0.0701 e. The van der Waals surface area contributed by atoms with Gasteiger partial charge < -0.3 is 11.1 Å². The molecule has 0 saturated carbocycles. The topological polar surface area (TPSA) is 38.0 Å². The summed E-state index contributed by atoms with van der Waals surface area (Å²) in [6, 6.07) is 10.3. The maximum atomic E-state index is 6.00. The zero-order valence-corrected chi connectivity index (χ0v) is 12.1. The van der Waals surface area contributed by atoms with Crippen LogP contribution in [0.1, 0.15) is 10.4 Å². The van der Waals surface area contributed by atoms with Gasteiger partial charge in [0.25, 0.3) is 0 Å². The molecule has 4 heteroatoms. The van der Waals surface area contributed by atoms with Crippen molar-refractivity contribution in [3.8, 4) is 0 Å². The number of aryl methyl sites for hydroxylation is 1. The first-order valence-corrected chi connectivity index (χ1v) is 7.11. The van der Waals surface area contributed by atoms with Crippen molar-refractivity contribution >= 4 is 38.6 Å². The number of rotatable bonds is 4. The van der Waals surface area contributed by atoms with E-state index < -0.39 is 0 Å². The van der Waals surface area contributed by atoms with Gasteiger partial charge in [0.1, 0.15) is 0 Å². The molecule has 2 nitrogen and oxygen atoms in total. The Kier molecular flexibility index (Phi) is 4.07. The Morgan fingerprint density at radius 1 is 1.29 bits per heavy atom. The average Bonchev–Trinajstić information content (AvgIpc) is 2.70. The van der Waals surface area contributed by atoms with Gasteiger partial charge in [0.05, 0.1) is 15.2 Å². The summed E-state index contributed by atoms with van der Waals surface area (Å²) in [5.74, 6) is 0. The number of hydrogen-bond acceptors (Lipinski definition) is 3. The van der Waals surface area contributed by atoms with Crippen molar-refractivity contribution in [2.24, 2.45) is 0 Å². The van der Waals surface area contributed by atoms with Crippen molar-refractivity contribution in [1.29, 1.82) is 0 Å². The Balaban J connectivity index is 1.92. The summed E-state index contributed by atoms with van der Waals surface area (Å²) in [6.07, 6.45) is 1.02. The molecule has 90 valence electrons. The molecule has 2 aromatic rings. The molecular formula is C13H15BrN2S. The van der Waals surface area contributed by atoms with Crippen molar-refractivity contribution in [3.05, 3.63) is 44.6 Å². The van der Waals surface area contributed by atoms with E-state index in [1.807, 2.05) is 25.1 Å². The number of nitrogen functional groups attached to an aromatic ring is 1. The first kappa shape index (κ1) is 12.5. The molecule has 0 radical (unpaired) electrons. The van der Waals surface area contributed by atoms with Crippen LogP contribution in [0, 0.1) is 6.92 Å². The van der Waals surface area contributed by atoms with Gasteiger partial charge in [-0.05, 0) is 53.0 Å². The van der Waals surface area contributed by atoms with Gasteiger partial charge in [-0.1, -0.05) is 12.1 Å². The second-order valence-electron chi connectivity index (χ2n) is 3.92. The molecule has 0 bridgehead atoms. The highest BCUT2D eigenvalue weighted by molar-refractivity contribution is 9.11. The van der Waals surface area contributed by atoms with Crippen LogP contribution in [-0.2, 0) is 6.42 Å². The molecule has 1 heterocycles. The summed E-state index contributed by atoms with van der Waals surface area (Å²) < 4.78 is 1.18. The summed E-state index contributed by atoms with van der Waals surface area (Å²) >= 11 is 5.24. The number of thiophene rings is 1. The lowest BCUT2D eigenvalue weighted by Crippen LogP contribution is -2.06. The summed E-state index contributed by atoms with van der Waals surface area (Å²) in [5.41, 5.74) is 8.99. The van der Waals surface area contributed by atoms with Crippen LogP contribution in [0.25, 0.3) is 0 Å². The molecule has 0 amide bonds. The minimum absolute atomic E-state index is 0.847. The van der Waals surface area contributed by atoms with E-state index in [2.05, 4.69) is 33.4 Å². The highest BCUT2D eigenvalue weighted by atomic mass is 79.9. The van der Waals surface area contributed by atoms with Crippen LogP contribution in [-0.4, -0.2) is 6.54 Å². The van der Waals surface area contributed by atoms with Gasteiger partial charge in [-0.2, -0.15) is 0 Å². The molecule has 2 rings (SSSR count). The molecule has 0 aliphatic rings. The molecule has 1 aromatic carbocycles. The Morgan fingerprint density at radius 2 is 2.12 bits per heavy atom. The van der Waals surface area contributed by atoms with Gasteiger partial charge in [0.2, 0.25) is 0 Å². The summed E-state index contributed by atoms with van der Waals surface area (Å²) in [6.45, 7) is 2.93. The van der Waals surface area contributed by atoms with E-state index >= 15 is 0 Å². The summed E-state index contributed by atoms with van der Waals surface area (Å²) in [4.78, 5) is 1.37. The van der Waals surface area contributed by atoms with E-state index in [9.17, 15) is 0 Å². The third-order valence-corrected chi connectivity index (χ3v) is 4.32. The monoisotopic (exact) mass is 310 g/mol. The lowest BCUT2D eigenvalue weighted by atomic mass is 10.1. The van der Waals surface area contributed by atoms with E-state index in [-0.39, 0.29) is 0 Å². The second-order valence-corrected chi connectivity index (χ2v) is 6.47. The molecule has 0 aliphatic carbocycles. The van der Waals surface area contributed by atoms with Gasteiger partial charge in [0.15, 0.2) is 0 Å². The van der Waals surface area contributed by atoms with Crippen LogP contribution in [0.15, 0.2) is 34.1 Å². The van der Waals surface area contributed by atoms with Crippen LogP contribution in [0.2, 0.25) is 0 Å². The zero-order valence-electron chi connectivity index (χ0n) is 9.66. The lowest BCUT2D eigenvalue weighted by molar-refractivity contribution is 1.04. The number of benzene rings is 1. The fourth-order valence-corrected chi connectivity index (χ4v) is 3.12. The Bertz CT molecular complexity index is 508. The van der Waals surface area contributed by atoms with Gasteiger partial charge in [-0.25, -0.2) is 0 Å². The van der Waals surface area contributed by atoms with Crippen LogP contribution >= 0.6 is 27.3 Å². The Morgan fingerprint density at radius 3 is 2.82 bits per heavy atom. The Labute approximate surface area is 114 Å².